The van der Waals surface area contributed by atoms with E-state index < -0.39 is 5.82 Å². The molecule has 1 aromatic heterocycles. The van der Waals surface area contributed by atoms with Crippen molar-refractivity contribution in [2.75, 3.05) is 17.7 Å². The number of rotatable bonds is 5. The number of nitrogens with one attached hydrogen (secondary N) is 2. The van der Waals surface area contributed by atoms with Gasteiger partial charge in [0.05, 0.1) is 18.9 Å². The van der Waals surface area contributed by atoms with E-state index in [0.717, 1.165) is 6.20 Å². The van der Waals surface area contributed by atoms with Crippen LogP contribution in [0.25, 0.3) is 0 Å². The van der Waals surface area contributed by atoms with Crippen molar-refractivity contribution in [2.24, 2.45) is 0 Å². The molecular weight excluding hydrogens is 359 g/mol. The minimum absolute atomic E-state index is 0.0317. The Morgan fingerprint density at radius 3 is 2.54 bits per heavy atom. The molecular formula is C18H14ClFN4O2. The highest BCUT2D eigenvalue weighted by Crippen LogP contribution is 2.22. The lowest BCUT2D eigenvalue weighted by molar-refractivity contribution is 0.102. The van der Waals surface area contributed by atoms with Crippen LogP contribution in [0.4, 0.5) is 21.6 Å². The lowest BCUT2D eigenvalue weighted by Gasteiger charge is -2.10. The lowest BCUT2D eigenvalue weighted by atomic mass is 10.2. The first-order valence-corrected chi connectivity index (χ1v) is 7.94. The highest BCUT2D eigenvalue weighted by atomic mass is 35.5. The predicted molar refractivity (Wildman–Crippen MR) is 97.7 cm³/mol. The van der Waals surface area contributed by atoms with Crippen molar-refractivity contribution in [3.05, 3.63) is 71.4 Å². The van der Waals surface area contributed by atoms with Crippen molar-refractivity contribution in [3.8, 4) is 5.75 Å². The number of halogens is 2. The molecule has 0 radical (unpaired) electrons. The van der Waals surface area contributed by atoms with Gasteiger partial charge in [-0.3, -0.25) is 4.79 Å². The number of benzene rings is 2. The van der Waals surface area contributed by atoms with Crippen LogP contribution in [0.3, 0.4) is 0 Å². The summed E-state index contributed by atoms with van der Waals surface area (Å²) in [4.78, 5) is 19.7. The van der Waals surface area contributed by atoms with Crippen LogP contribution in [0.15, 0.2) is 54.7 Å². The zero-order valence-corrected chi connectivity index (χ0v) is 14.4. The predicted octanol–water partition coefficient (Wildman–Crippen LogP) is 4.27. The fourth-order valence-corrected chi connectivity index (χ4v) is 2.37. The summed E-state index contributed by atoms with van der Waals surface area (Å²) >= 11 is 5.66. The number of anilines is 3. The summed E-state index contributed by atoms with van der Waals surface area (Å²) in [6.45, 7) is 0. The Morgan fingerprint density at radius 1 is 1.12 bits per heavy atom. The molecule has 0 unspecified atom stereocenters. The van der Waals surface area contributed by atoms with E-state index in [1.807, 2.05) is 0 Å². The van der Waals surface area contributed by atoms with Crippen LogP contribution in [0.1, 0.15) is 10.4 Å². The van der Waals surface area contributed by atoms with Gasteiger partial charge in [-0.2, -0.15) is 4.98 Å². The van der Waals surface area contributed by atoms with Gasteiger partial charge in [-0.1, -0.05) is 12.1 Å². The number of hydrogen-bond acceptors (Lipinski definition) is 5. The minimum Gasteiger partial charge on any atom is -0.496 e. The monoisotopic (exact) mass is 372 g/mol. The molecule has 0 fully saturated rings. The zero-order chi connectivity index (χ0) is 18.5. The molecule has 8 heteroatoms. The molecule has 0 saturated heterocycles. The molecule has 2 N–H and O–H groups in total. The number of methoxy groups -OCH3 is 1. The zero-order valence-electron chi connectivity index (χ0n) is 13.7. The summed E-state index contributed by atoms with van der Waals surface area (Å²) in [5, 5.41) is 5.52. The quantitative estimate of drug-likeness (QED) is 0.654. The number of para-hydroxylation sites is 1. The van der Waals surface area contributed by atoms with Crippen LogP contribution < -0.4 is 15.4 Å². The van der Waals surface area contributed by atoms with E-state index >= 15 is 0 Å². The molecule has 3 aromatic rings. The summed E-state index contributed by atoms with van der Waals surface area (Å²) in [5.74, 6) is -0.463. The average molecular weight is 373 g/mol. The summed E-state index contributed by atoms with van der Waals surface area (Å²) in [6.07, 6.45) is 0.986. The summed E-state index contributed by atoms with van der Waals surface area (Å²) in [5.41, 5.74) is 1.58. The third-order valence-electron chi connectivity index (χ3n) is 3.47. The number of carbonyl (C=O) groups excluding carboxylic acids is 1. The van der Waals surface area contributed by atoms with E-state index in [-0.39, 0.29) is 17.0 Å². The van der Waals surface area contributed by atoms with Gasteiger partial charge in [-0.15, -0.1) is 0 Å². The van der Waals surface area contributed by atoms with Gasteiger partial charge in [-0.25, -0.2) is 9.37 Å². The maximum Gasteiger partial charge on any atom is 0.259 e. The first-order chi connectivity index (χ1) is 12.6. The second-order valence-electron chi connectivity index (χ2n) is 5.19. The second-order valence-corrected chi connectivity index (χ2v) is 5.53. The Morgan fingerprint density at radius 2 is 1.81 bits per heavy atom. The van der Waals surface area contributed by atoms with E-state index in [1.165, 1.54) is 7.11 Å². The smallest absolute Gasteiger partial charge is 0.259 e. The molecule has 2 aromatic carbocycles. The van der Waals surface area contributed by atoms with E-state index in [2.05, 4.69) is 20.6 Å². The van der Waals surface area contributed by atoms with Gasteiger partial charge in [0, 0.05) is 11.4 Å². The molecule has 0 saturated carbocycles. The summed E-state index contributed by atoms with van der Waals surface area (Å²) in [6, 6.07) is 13.6. The first kappa shape index (κ1) is 17.6. The maximum absolute atomic E-state index is 13.7. The Bertz CT molecular complexity index is 935. The standard InChI is InChI=1S/C18H14ClFN4O2/c1-26-15-5-3-2-4-13(15)17(25)23-12-8-6-11(7-9-12)22-16-14(20)10-21-18(19)24-16/h2-10H,1H3,(H,23,25)(H,21,22,24). The molecule has 6 nitrogen and oxygen atoms in total. The van der Waals surface area contributed by atoms with Gasteiger partial charge in [0.25, 0.3) is 5.91 Å². The normalized spacial score (nSPS) is 10.3. The Balaban J connectivity index is 1.71. The molecule has 132 valence electrons. The Kier molecular flexibility index (Phi) is 5.28. The topological polar surface area (TPSA) is 76.1 Å². The number of carbonyl (C=O) groups is 1. The largest absolute Gasteiger partial charge is 0.496 e. The number of hydrogen-bond donors (Lipinski definition) is 2. The average Bonchev–Trinajstić information content (AvgIpc) is 2.66. The van der Waals surface area contributed by atoms with Gasteiger partial charge in [0.2, 0.25) is 5.28 Å². The lowest BCUT2D eigenvalue weighted by Crippen LogP contribution is -2.13. The van der Waals surface area contributed by atoms with Crippen LogP contribution in [0.5, 0.6) is 5.75 Å². The molecule has 0 atom stereocenters. The summed E-state index contributed by atoms with van der Waals surface area (Å²) in [7, 11) is 1.51. The van der Waals surface area contributed by atoms with E-state index in [4.69, 9.17) is 16.3 Å². The van der Waals surface area contributed by atoms with E-state index in [1.54, 1.807) is 48.5 Å². The number of nitrogens with zero attached hydrogens (tertiary/aromatic N) is 2. The van der Waals surface area contributed by atoms with E-state index in [0.29, 0.717) is 22.7 Å². The maximum atomic E-state index is 13.7. The Labute approximate surface area is 154 Å². The molecule has 1 heterocycles. The second kappa shape index (κ2) is 7.79. The Hall–Kier alpha value is -3.19. The third kappa shape index (κ3) is 4.07. The van der Waals surface area contributed by atoms with Crippen LogP contribution in [-0.2, 0) is 0 Å². The fraction of sp³-hybridized carbons (Fsp3) is 0.0556. The molecule has 0 aliphatic rings. The molecule has 0 spiro atoms. The van der Waals surface area contributed by atoms with Crippen LogP contribution in [-0.4, -0.2) is 23.0 Å². The number of ether oxygens (including phenoxy) is 1. The van der Waals surface area contributed by atoms with Crippen molar-refractivity contribution in [3.63, 3.8) is 0 Å². The molecule has 0 aliphatic carbocycles. The molecule has 3 rings (SSSR count). The summed E-state index contributed by atoms with van der Waals surface area (Å²) < 4.78 is 18.8. The van der Waals surface area contributed by atoms with Crippen LogP contribution in [0.2, 0.25) is 5.28 Å². The van der Waals surface area contributed by atoms with Crippen molar-refractivity contribution < 1.29 is 13.9 Å². The van der Waals surface area contributed by atoms with Crippen molar-refractivity contribution in [1.29, 1.82) is 0 Å². The number of aromatic nitrogens is 2. The highest BCUT2D eigenvalue weighted by Gasteiger charge is 2.12. The van der Waals surface area contributed by atoms with Crippen molar-refractivity contribution in [2.45, 2.75) is 0 Å². The highest BCUT2D eigenvalue weighted by molar-refractivity contribution is 6.28. The van der Waals surface area contributed by atoms with Crippen LogP contribution in [0, 0.1) is 5.82 Å². The van der Waals surface area contributed by atoms with Gasteiger partial charge in [-0.05, 0) is 48.0 Å². The number of amides is 1. The molecule has 0 aliphatic heterocycles. The van der Waals surface area contributed by atoms with Gasteiger partial charge >= 0.3 is 0 Å². The fourth-order valence-electron chi connectivity index (χ4n) is 2.24. The van der Waals surface area contributed by atoms with Crippen molar-refractivity contribution >= 4 is 34.7 Å². The van der Waals surface area contributed by atoms with Gasteiger partial charge in [0.1, 0.15) is 5.75 Å². The minimum atomic E-state index is -0.622. The van der Waals surface area contributed by atoms with Crippen LogP contribution >= 0.6 is 11.6 Å². The third-order valence-corrected chi connectivity index (χ3v) is 3.65. The van der Waals surface area contributed by atoms with Gasteiger partial charge < -0.3 is 15.4 Å². The first-order valence-electron chi connectivity index (χ1n) is 7.56. The molecule has 26 heavy (non-hydrogen) atoms. The molecule has 0 bridgehead atoms. The SMILES string of the molecule is COc1ccccc1C(=O)Nc1ccc(Nc2nc(Cl)ncc2F)cc1. The van der Waals surface area contributed by atoms with Crippen molar-refractivity contribution in [1.82, 2.24) is 9.97 Å². The van der Waals surface area contributed by atoms with E-state index in [9.17, 15) is 9.18 Å². The molecule has 1 amide bonds. The van der Waals surface area contributed by atoms with Gasteiger partial charge in [0.15, 0.2) is 11.6 Å².